The first-order valence-corrected chi connectivity index (χ1v) is 9.02. The van der Waals surface area contributed by atoms with Crippen molar-refractivity contribution in [3.05, 3.63) is 101 Å². The van der Waals surface area contributed by atoms with Crippen LogP contribution in [0.2, 0.25) is 0 Å². The van der Waals surface area contributed by atoms with Crippen molar-refractivity contribution in [2.45, 2.75) is 6.92 Å². The molecule has 3 aromatic carbocycles. The summed E-state index contributed by atoms with van der Waals surface area (Å²) < 4.78 is 5.18. The molecule has 0 heterocycles. The molecular formula is C24H17NO4. The van der Waals surface area contributed by atoms with Crippen molar-refractivity contribution in [3.8, 4) is 5.75 Å². The van der Waals surface area contributed by atoms with Gasteiger partial charge in [0.15, 0.2) is 11.6 Å². The monoisotopic (exact) mass is 383 g/mol. The molecule has 0 fully saturated rings. The summed E-state index contributed by atoms with van der Waals surface area (Å²) in [6.45, 7) is 5.13. The van der Waals surface area contributed by atoms with Crippen molar-refractivity contribution in [3.63, 3.8) is 0 Å². The number of carbonyl (C=O) groups excluding carboxylic acids is 3. The molecule has 5 nitrogen and oxygen atoms in total. The molecule has 0 radical (unpaired) electrons. The highest BCUT2D eigenvalue weighted by molar-refractivity contribution is 6.30. The smallest absolute Gasteiger partial charge is 0.338 e. The summed E-state index contributed by atoms with van der Waals surface area (Å²) in [5.41, 5.74) is 3.10. The molecule has 4 rings (SSSR count). The van der Waals surface area contributed by atoms with Gasteiger partial charge in [-0.15, -0.1) is 0 Å². The Kier molecular flexibility index (Phi) is 4.56. The zero-order valence-corrected chi connectivity index (χ0v) is 15.7. The molecule has 0 unspecified atom stereocenters. The molecule has 0 saturated heterocycles. The van der Waals surface area contributed by atoms with Gasteiger partial charge in [-0.1, -0.05) is 43.0 Å². The van der Waals surface area contributed by atoms with Gasteiger partial charge in [-0.3, -0.25) is 9.59 Å². The van der Waals surface area contributed by atoms with Crippen LogP contribution in [0.1, 0.15) is 38.8 Å². The Morgan fingerprint density at radius 3 is 2.10 bits per heavy atom. The fourth-order valence-electron chi connectivity index (χ4n) is 3.21. The van der Waals surface area contributed by atoms with E-state index in [9.17, 15) is 14.4 Å². The average Bonchev–Trinajstić information content (AvgIpc) is 2.73. The largest absolute Gasteiger partial charge is 0.423 e. The third-order valence-corrected chi connectivity index (χ3v) is 4.64. The van der Waals surface area contributed by atoms with Gasteiger partial charge in [0.2, 0.25) is 0 Å². The molecule has 1 aliphatic rings. The van der Waals surface area contributed by atoms with Crippen LogP contribution < -0.4 is 10.1 Å². The van der Waals surface area contributed by atoms with Crippen LogP contribution in [0.3, 0.4) is 0 Å². The second kappa shape index (κ2) is 7.20. The van der Waals surface area contributed by atoms with E-state index in [-0.39, 0.29) is 11.6 Å². The number of esters is 1. The molecule has 0 saturated carbocycles. The Balaban J connectivity index is 1.65. The summed E-state index contributed by atoms with van der Waals surface area (Å²) in [5, 5.41) is 3.19. The molecule has 29 heavy (non-hydrogen) atoms. The van der Waals surface area contributed by atoms with Crippen molar-refractivity contribution in [1.82, 2.24) is 0 Å². The molecule has 1 N–H and O–H groups in total. The fraction of sp³-hybridized carbons (Fsp3) is 0.0417. The van der Waals surface area contributed by atoms with Crippen LogP contribution in [0.5, 0.6) is 5.75 Å². The molecule has 3 aromatic rings. The Labute approximate surface area is 167 Å². The van der Waals surface area contributed by atoms with Gasteiger partial charge in [-0.25, -0.2) is 4.79 Å². The molecule has 1 aliphatic carbocycles. The number of ketones is 2. The lowest BCUT2D eigenvalue weighted by atomic mass is 9.83. The first-order chi connectivity index (χ1) is 14.0. The number of anilines is 2. The molecule has 5 heteroatoms. The lowest BCUT2D eigenvalue weighted by molar-refractivity contribution is -0.130. The fourth-order valence-corrected chi connectivity index (χ4v) is 3.21. The van der Waals surface area contributed by atoms with Gasteiger partial charge in [0.25, 0.3) is 0 Å². The predicted octanol–water partition coefficient (Wildman–Crippen LogP) is 4.69. The van der Waals surface area contributed by atoms with E-state index in [2.05, 4.69) is 11.9 Å². The Hall–Kier alpha value is -3.99. The highest BCUT2D eigenvalue weighted by Crippen LogP contribution is 2.33. The van der Waals surface area contributed by atoms with E-state index >= 15 is 0 Å². The molecule has 0 aliphatic heterocycles. The van der Waals surface area contributed by atoms with E-state index in [1.54, 1.807) is 73.7 Å². The van der Waals surface area contributed by atoms with Crippen LogP contribution in [0, 0.1) is 0 Å². The molecule has 142 valence electrons. The van der Waals surface area contributed by atoms with Crippen LogP contribution >= 0.6 is 0 Å². The first-order valence-electron chi connectivity index (χ1n) is 9.02. The Morgan fingerprint density at radius 1 is 0.828 bits per heavy atom. The number of hydrogen-bond donors (Lipinski definition) is 1. The maximum atomic E-state index is 13.0. The molecule has 0 atom stereocenters. The molecule has 0 bridgehead atoms. The van der Waals surface area contributed by atoms with E-state index in [1.807, 2.05) is 0 Å². The number of benzene rings is 3. The van der Waals surface area contributed by atoms with E-state index in [4.69, 9.17) is 4.74 Å². The minimum atomic E-state index is -0.495. The maximum absolute atomic E-state index is 13.0. The van der Waals surface area contributed by atoms with Gasteiger partial charge in [0.05, 0.1) is 11.3 Å². The third-order valence-electron chi connectivity index (χ3n) is 4.64. The van der Waals surface area contributed by atoms with Crippen molar-refractivity contribution >= 4 is 28.9 Å². The van der Waals surface area contributed by atoms with E-state index in [0.29, 0.717) is 45.0 Å². The second-order valence-corrected chi connectivity index (χ2v) is 6.75. The van der Waals surface area contributed by atoms with Gasteiger partial charge >= 0.3 is 5.97 Å². The quantitative estimate of drug-likeness (QED) is 0.314. The molecule has 0 spiro atoms. The minimum Gasteiger partial charge on any atom is -0.423 e. The highest BCUT2D eigenvalue weighted by Gasteiger charge is 2.31. The van der Waals surface area contributed by atoms with Crippen LogP contribution in [-0.4, -0.2) is 17.5 Å². The summed E-state index contributed by atoms with van der Waals surface area (Å²) >= 11 is 0. The van der Waals surface area contributed by atoms with Crippen molar-refractivity contribution < 1.29 is 19.1 Å². The van der Waals surface area contributed by atoms with Crippen LogP contribution in [-0.2, 0) is 4.79 Å². The van der Waals surface area contributed by atoms with Crippen LogP contribution in [0.25, 0.3) is 0 Å². The predicted molar refractivity (Wildman–Crippen MR) is 110 cm³/mol. The number of fused-ring (bicyclic) bond motifs is 2. The number of hydrogen-bond acceptors (Lipinski definition) is 5. The normalized spacial score (nSPS) is 12.0. The first kappa shape index (κ1) is 18.4. The zero-order chi connectivity index (χ0) is 20.5. The summed E-state index contributed by atoms with van der Waals surface area (Å²) in [6, 6.07) is 18.7. The van der Waals surface area contributed by atoms with Crippen molar-refractivity contribution in [2.75, 3.05) is 5.32 Å². The maximum Gasteiger partial charge on any atom is 0.338 e. The van der Waals surface area contributed by atoms with Crippen LogP contribution in [0.15, 0.2) is 78.9 Å². The van der Waals surface area contributed by atoms with Gasteiger partial charge in [-0.05, 0) is 37.3 Å². The summed E-state index contributed by atoms with van der Waals surface area (Å²) in [4.78, 5) is 37.5. The van der Waals surface area contributed by atoms with Crippen molar-refractivity contribution in [1.29, 1.82) is 0 Å². The summed E-state index contributed by atoms with van der Waals surface area (Å²) in [6.07, 6.45) is 0. The Morgan fingerprint density at radius 2 is 1.45 bits per heavy atom. The standard InChI is InChI=1S/C24H17NO4/c1-14(2)24(28)29-16-12-10-15(11-13-16)25-20-9-5-8-19-21(20)23(27)18-7-4-3-6-17(18)22(19)26/h3-13,25H,1H2,2H3. The van der Waals surface area contributed by atoms with Crippen LogP contribution in [0.4, 0.5) is 11.4 Å². The lowest BCUT2D eigenvalue weighted by Crippen LogP contribution is -2.22. The van der Waals surface area contributed by atoms with E-state index in [1.165, 1.54) is 0 Å². The summed E-state index contributed by atoms with van der Waals surface area (Å²) in [7, 11) is 0. The van der Waals surface area contributed by atoms with Crippen molar-refractivity contribution in [2.24, 2.45) is 0 Å². The second-order valence-electron chi connectivity index (χ2n) is 6.75. The molecular weight excluding hydrogens is 366 g/mol. The number of nitrogens with one attached hydrogen (secondary N) is 1. The number of rotatable bonds is 4. The number of carbonyl (C=O) groups is 3. The SMILES string of the molecule is C=C(C)C(=O)Oc1ccc(Nc2cccc3c2C(=O)c2ccccc2C3=O)cc1. The highest BCUT2D eigenvalue weighted by atomic mass is 16.5. The minimum absolute atomic E-state index is 0.166. The van der Waals surface area contributed by atoms with Gasteiger partial charge in [0.1, 0.15) is 5.75 Å². The van der Waals surface area contributed by atoms with E-state index < -0.39 is 5.97 Å². The third kappa shape index (κ3) is 3.34. The lowest BCUT2D eigenvalue weighted by Gasteiger charge is -2.20. The summed E-state index contributed by atoms with van der Waals surface area (Å²) in [5.74, 6) is -0.462. The van der Waals surface area contributed by atoms with Gasteiger partial charge < -0.3 is 10.1 Å². The Bertz CT molecular complexity index is 1180. The molecule has 0 aromatic heterocycles. The average molecular weight is 383 g/mol. The number of ether oxygens (including phenoxy) is 1. The zero-order valence-electron chi connectivity index (χ0n) is 15.7. The van der Waals surface area contributed by atoms with Gasteiger partial charge in [0, 0.05) is 28.0 Å². The van der Waals surface area contributed by atoms with E-state index in [0.717, 1.165) is 0 Å². The van der Waals surface area contributed by atoms with Gasteiger partial charge in [-0.2, -0.15) is 0 Å². The molecule has 0 amide bonds. The topological polar surface area (TPSA) is 72.5 Å².